The largest absolute Gasteiger partial charge is 0.481 e. The maximum Gasteiger partial charge on any atom is 0.303 e. The van der Waals surface area contributed by atoms with Gasteiger partial charge in [0.1, 0.15) is 0 Å². The smallest absolute Gasteiger partial charge is 0.303 e. The fourth-order valence-electron chi connectivity index (χ4n) is 1.57. The fraction of sp³-hybridized carbons (Fsp3) is 0.417. The van der Waals surface area contributed by atoms with Gasteiger partial charge in [-0.3, -0.25) is 14.9 Å². The Morgan fingerprint density at radius 3 is 2.50 bits per heavy atom. The first-order chi connectivity index (χ1) is 8.52. The summed E-state index contributed by atoms with van der Waals surface area (Å²) in [5, 5.41) is 22.3. The third-order valence-corrected chi connectivity index (χ3v) is 2.71. The number of anilines is 1. The Balaban J connectivity index is 2.52. The van der Waals surface area contributed by atoms with Gasteiger partial charge >= 0.3 is 5.97 Å². The topological polar surface area (TPSA) is 92.5 Å². The summed E-state index contributed by atoms with van der Waals surface area (Å²) in [4.78, 5) is 20.6. The third-order valence-electron chi connectivity index (χ3n) is 2.71. The Morgan fingerprint density at radius 1 is 1.44 bits per heavy atom. The monoisotopic (exact) mass is 252 g/mol. The first-order valence-corrected chi connectivity index (χ1v) is 5.73. The molecule has 98 valence electrons. The summed E-state index contributed by atoms with van der Waals surface area (Å²) in [6.07, 6.45) is 0.892. The third kappa shape index (κ3) is 4.40. The number of nitrogens with one attached hydrogen (secondary N) is 1. The molecule has 1 unspecified atom stereocenters. The molecule has 1 atom stereocenters. The fourth-order valence-corrected chi connectivity index (χ4v) is 1.57. The molecule has 2 N–H and O–H groups in total. The van der Waals surface area contributed by atoms with E-state index in [0.717, 1.165) is 12.1 Å². The van der Waals surface area contributed by atoms with Crippen LogP contribution in [0.2, 0.25) is 0 Å². The Hall–Kier alpha value is -2.11. The average molecular weight is 252 g/mol. The van der Waals surface area contributed by atoms with E-state index >= 15 is 0 Å². The molecule has 6 heteroatoms. The molecule has 0 aromatic heterocycles. The molecule has 0 aliphatic carbocycles. The van der Waals surface area contributed by atoms with Gasteiger partial charge in [0.15, 0.2) is 0 Å². The maximum absolute atomic E-state index is 10.6. The van der Waals surface area contributed by atoms with Gasteiger partial charge in [0.2, 0.25) is 0 Å². The van der Waals surface area contributed by atoms with Gasteiger partial charge in [0.05, 0.1) is 4.92 Å². The zero-order valence-electron chi connectivity index (χ0n) is 10.1. The quantitative estimate of drug-likeness (QED) is 0.574. The molecule has 0 amide bonds. The Bertz CT molecular complexity index is 417. The number of benzene rings is 1. The lowest BCUT2D eigenvalue weighted by atomic mass is 10.0. The molecule has 1 rings (SSSR count). The SMILES string of the molecule is CCC(CNc1ccc([N+](=O)[O-])cc1)CC(=O)O. The Morgan fingerprint density at radius 2 is 2.06 bits per heavy atom. The zero-order valence-corrected chi connectivity index (χ0v) is 10.1. The van der Waals surface area contributed by atoms with Crippen LogP contribution in [-0.4, -0.2) is 22.5 Å². The zero-order chi connectivity index (χ0) is 13.5. The molecule has 0 radical (unpaired) electrons. The molecule has 0 fully saturated rings. The number of nitro benzene ring substituents is 1. The Kier molecular flexibility index (Phi) is 5.10. The molecule has 6 nitrogen and oxygen atoms in total. The second-order valence-electron chi connectivity index (χ2n) is 4.06. The van der Waals surface area contributed by atoms with Crippen LogP contribution in [0.1, 0.15) is 19.8 Å². The first-order valence-electron chi connectivity index (χ1n) is 5.73. The van der Waals surface area contributed by atoms with E-state index in [1.54, 1.807) is 12.1 Å². The summed E-state index contributed by atoms with van der Waals surface area (Å²) in [5.41, 5.74) is 0.794. The van der Waals surface area contributed by atoms with Crippen molar-refractivity contribution in [1.82, 2.24) is 0 Å². The lowest BCUT2D eigenvalue weighted by Crippen LogP contribution is -2.17. The second kappa shape index (κ2) is 6.58. The molecular formula is C12H16N2O4. The maximum atomic E-state index is 10.6. The number of hydrogen-bond donors (Lipinski definition) is 2. The van der Waals surface area contributed by atoms with Gasteiger partial charge in [-0.2, -0.15) is 0 Å². The van der Waals surface area contributed by atoms with E-state index in [9.17, 15) is 14.9 Å². The van der Waals surface area contributed by atoms with Crippen LogP contribution in [0.5, 0.6) is 0 Å². The van der Waals surface area contributed by atoms with Crippen molar-refractivity contribution in [3.05, 3.63) is 34.4 Å². The number of aliphatic carboxylic acids is 1. The number of nitro groups is 1. The van der Waals surface area contributed by atoms with Crippen LogP contribution in [0.4, 0.5) is 11.4 Å². The van der Waals surface area contributed by atoms with Gasteiger partial charge in [-0.15, -0.1) is 0 Å². The standard InChI is InChI=1S/C12H16N2O4/c1-2-9(7-12(15)16)8-13-10-3-5-11(6-4-10)14(17)18/h3-6,9,13H,2,7-8H2,1H3,(H,15,16). The van der Waals surface area contributed by atoms with E-state index in [1.165, 1.54) is 12.1 Å². The van der Waals surface area contributed by atoms with E-state index in [-0.39, 0.29) is 18.0 Å². The predicted octanol–water partition coefficient (Wildman–Crippen LogP) is 2.51. The molecule has 0 bridgehead atoms. The van der Waals surface area contributed by atoms with Gasteiger partial charge in [0.25, 0.3) is 5.69 Å². The van der Waals surface area contributed by atoms with Gasteiger partial charge in [-0.1, -0.05) is 13.3 Å². The van der Waals surface area contributed by atoms with Crippen LogP contribution in [0.25, 0.3) is 0 Å². The molecule has 0 spiro atoms. The van der Waals surface area contributed by atoms with Gasteiger partial charge < -0.3 is 10.4 Å². The number of non-ortho nitro benzene ring substituents is 1. The van der Waals surface area contributed by atoms with Crippen LogP contribution in [0, 0.1) is 16.0 Å². The summed E-state index contributed by atoms with van der Waals surface area (Å²) in [6.45, 7) is 2.48. The van der Waals surface area contributed by atoms with Crippen molar-refractivity contribution in [2.45, 2.75) is 19.8 Å². The van der Waals surface area contributed by atoms with Crippen molar-refractivity contribution in [2.24, 2.45) is 5.92 Å². The number of carboxylic acid groups (broad SMARTS) is 1. The summed E-state index contributed by atoms with van der Waals surface area (Å²) < 4.78 is 0. The van der Waals surface area contributed by atoms with E-state index in [0.29, 0.717) is 6.54 Å². The van der Waals surface area contributed by atoms with Crippen molar-refractivity contribution < 1.29 is 14.8 Å². The average Bonchev–Trinajstić information content (AvgIpc) is 2.34. The van der Waals surface area contributed by atoms with Crippen molar-refractivity contribution in [1.29, 1.82) is 0 Å². The van der Waals surface area contributed by atoms with Crippen molar-refractivity contribution in [3.63, 3.8) is 0 Å². The Labute approximate surface area is 105 Å². The highest BCUT2D eigenvalue weighted by Gasteiger charge is 2.11. The molecule has 1 aromatic carbocycles. The minimum atomic E-state index is -0.813. The highest BCUT2D eigenvalue weighted by molar-refractivity contribution is 5.67. The van der Waals surface area contributed by atoms with E-state index in [4.69, 9.17) is 5.11 Å². The van der Waals surface area contributed by atoms with Crippen molar-refractivity contribution in [2.75, 3.05) is 11.9 Å². The molecule has 18 heavy (non-hydrogen) atoms. The van der Waals surface area contributed by atoms with E-state index in [1.807, 2.05) is 6.92 Å². The van der Waals surface area contributed by atoms with E-state index < -0.39 is 10.9 Å². The normalized spacial score (nSPS) is 11.8. The number of rotatable bonds is 7. The molecule has 0 saturated carbocycles. The molecule has 0 aliphatic rings. The van der Waals surface area contributed by atoms with Crippen LogP contribution >= 0.6 is 0 Å². The van der Waals surface area contributed by atoms with E-state index in [2.05, 4.69) is 5.32 Å². The molecule has 1 aromatic rings. The van der Waals surface area contributed by atoms with Gasteiger partial charge in [-0.25, -0.2) is 0 Å². The summed E-state index contributed by atoms with van der Waals surface area (Å²) in [7, 11) is 0. The lowest BCUT2D eigenvalue weighted by molar-refractivity contribution is -0.384. The molecular weight excluding hydrogens is 236 g/mol. The van der Waals surface area contributed by atoms with Crippen molar-refractivity contribution in [3.8, 4) is 0 Å². The summed E-state index contributed by atoms with van der Waals surface area (Å²) in [5.74, 6) is -0.759. The van der Waals surface area contributed by atoms with Crippen molar-refractivity contribution >= 4 is 17.3 Å². The van der Waals surface area contributed by atoms with Crippen LogP contribution in [0.3, 0.4) is 0 Å². The van der Waals surface area contributed by atoms with Crippen LogP contribution in [0.15, 0.2) is 24.3 Å². The van der Waals surface area contributed by atoms with Gasteiger partial charge in [-0.05, 0) is 18.1 Å². The summed E-state index contributed by atoms with van der Waals surface area (Å²) >= 11 is 0. The first kappa shape index (κ1) is 14.0. The lowest BCUT2D eigenvalue weighted by Gasteiger charge is -2.14. The number of nitrogens with zero attached hydrogens (tertiary/aromatic N) is 1. The second-order valence-corrected chi connectivity index (χ2v) is 4.06. The highest BCUT2D eigenvalue weighted by Crippen LogP contribution is 2.16. The van der Waals surface area contributed by atoms with Gasteiger partial charge in [0, 0.05) is 30.8 Å². The van der Waals surface area contributed by atoms with Crippen LogP contribution < -0.4 is 5.32 Å². The number of hydrogen-bond acceptors (Lipinski definition) is 4. The highest BCUT2D eigenvalue weighted by atomic mass is 16.6. The molecule has 0 saturated heterocycles. The minimum absolute atomic E-state index is 0.0399. The van der Waals surface area contributed by atoms with Crippen LogP contribution in [-0.2, 0) is 4.79 Å². The molecule has 0 aliphatic heterocycles. The number of carbonyl (C=O) groups is 1. The summed E-state index contributed by atoms with van der Waals surface area (Å²) in [6, 6.07) is 6.07. The minimum Gasteiger partial charge on any atom is -0.481 e. The molecule has 0 heterocycles. The predicted molar refractivity (Wildman–Crippen MR) is 67.6 cm³/mol. The number of carboxylic acids is 1.